The smallest absolute Gasteiger partial charge is 0.314 e. The first-order valence-corrected chi connectivity index (χ1v) is 6.61. The molecule has 0 aliphatic carbocycles. The second kappa shape index (κ2) is 6.75. The lowest BCUT2D eigenvalue weighted by Crippen LogP contribution is -2.36. The van der Waals surface area contributed by atoms with Crippen molar-refractivity contribution in [2.24, 2.45) is 0 Å². The lowest BCUT2D eigenvalue weighted by Gasteiger charge is -2.16. The fraction of sp³-hybridized carbons (Fsp3) is 0.267. The first-order valence-electron chi connectivity index (χ1n) is 6.61. The summed E-state index contributed by atoms with van der Waals surface area (Å²) in [4.78, 5) is 29.4. The number of aromatic nitrogens is 1. The highest BCUT2D eigenvalue weighted by Crippen LogP contribution is 2.19. The molecule has 7 nitrogen and oxygen atoms in total. The summed E-state index contributed by atoms with van der Waals surface area (Å²) < 4.78 is 10.2. The Morgan fingerprint density at radius 1 is 1.41 bits per heavy atom. The SMILES string of the molecule is COc1ncccc1NC(=O)C(=O)N(C)Cc1ccoc1C. The predicted octanol–water partition coefficient (Wildman–Crippen LogP) is 1.59. The third-order valence-electron chi connectivity index (χ3n) is 3.13. The van der Waals surface area contributed by atoms with Gasteiger partial charge in [0.15, 0.2) is 0 Å². The first-order chi connectivity index (χ1) is 10.5. The Morgan fingerprint density at radius 2 is 2.18 bits per heavy atom. The van der Waals surface area contributed by atoms with Gasteiger partial charge in [0, 0.05) is 25.4 Å². The van der Waals surface area contributed by atoms with E-state index in [0.29, 0.717) is 18.0 Å². The van der Waals surface area contributed by atoms with Crippen molar-refractivity contribution in [2.45, 2.75) is 13.5 Å². The molecule has 2 aromatic heterocycles. The average molecular weight is 303 g/mol. The van der Waals surface area contributed by atoms with Gasteiger partial charge in [-0.3, -0.25) is 9.59 Å². The van der Waals surface area contributed by atoms with E-state index < -0.39 is 11.8 Å². The van der Waals surface area contributed by atoms with Crippen molar-refractivity contribution in [1.29, 1.82) is 0 Å². The Balaban J connectivity index is 2.02. The summed E-state index contributed by atoms with van der Waals surface area (Å²) in [5.41, 5.74) is 1.19. The normalized spacial score (nSPS) is 10.1. The standard InChI is InChI=1S/C15H17N3O4/c1-10-11(6-8-22-10)9-18(2)15(20)13(19)17-12-5-4-7-16-14(12)21-3/h4-8H,9H2,1-3H3,(H,17,19). The molecule has 0 unspecified atom stereocenters. The van der Waals surface area contributed by atoms with Crippen LogP contribution in [0.5, 0.6) is 5.88 Å². The minimum absolute atomic E-state index is 0.247. The summed E-state index contributed by atoms with van der Waals surface area (Å²) in [6, 6.07) is 5.01. The number of carbonyl (C=O) groups excluding carboxylic acids is 2. The number of amides is 2. The molecule has 0 aromatic carbocycles. The molecule has 0 aliphatic heterocycles. The number of nitrogens with zero attached hydrogens (tertiary/aromatic N) is 2. The number of nitrogens with one attached hydrogen (secondary N) is 1. The highest BCUT2D eigenvalue weighted by atomic mass is 16.5. The third kappa shape index (κ3) is 3.43. The fourth-order valence-electron chi connectivity index (χ4n) is 1.90. The van der Waals surface area contributed by atoms with Gasteiger partial charge in [-0.25, -0.2) is 4.98 Å². The van der Waals surface area contributed by atoms with Gasteiger partial charge in [-0.2, -0.15) is 0 Å². The van der Waals surface area contributed by atoms with Crippen LogP contribution in [0.2, 0.25) is 0 Å². The number of ether oxygens (including phenoxy) is 1. The summed E-state index contributed by atoms with van der Waals surface area (Å²) in [5.74, 6) is -0.451. The van der Waals surface area contributed by atoms with E-state index in [4.69, 9.17) is 9.15 Å². The van der Waals surface area contributed by atoms with Crippen molar-refractivity contribution in [1.82, 2.24) is 9.88 Å². The molecular weight excluding hydrogens is 286 g/mol. The van der Waals surface area contributed by atoms with Gasteiger partial charge in [0.05, 0.1) is 13.4 Å². The molecular formula is C15H17N3O4. The van der Waals surface area contributed by atoms with Gasteiger partial charge in [-0.1, -0.05) is 0 Å². The Kier molecular flexibility index (Phi) is 4.77. The van der Waals surface area contributed by atoms with Crippen LogP contribution < -0.4 is 10.1 Å². The minimum Gasteiger partial charge on any atom is -0.480 e. The predicted molar refractivity (Wildman–Crippen MR) is 79.3 cm³/mol. The summed E-state index contributed by atoms with van der Waals surface area (Å²) in [6.45, 7) is 2.09. The zero-order chi connectivity index (χ0) is 16.1. The van der Waals surface area contributed by atoms with E-state index in [1.165, 1.54) is 18.2 Å². The maximum Gasteiger partial charge on any atom is 0.314 e. The molecule has 0 radical (unpaired) electrons. The highest BCUT2D eigenvalue weighted by molar-refractivity contribution is 6.39. The molecule has 2 heterocycles. The van der Waals surface area contributed by atoms with E-state index in [2.05, 4.69) is 10.3 Å². The summed E-state index contributed by atoms with van der Waals surface area (Å²) in [7, 11) is 2.99. The lowest BCUT2D eigenvalue weighted by molar-refractivity contribution is -0.142. The van der Waals surface area contributed by atoms with Crippen molar-refractivity contribution < 1.29 is 18.7 Å². The van der Waals surface area contributed by atoms with Crippen LogP contribution in [0.3, 0.4) is 0 Å². The van der Waals surface area contributed by atoms with E-state index >= 15 is 0 Å². The third-order valence-corrected chi connectivity index (χ3v) is 3.13. The van der Waals surface area contributed by atoms with Crippen LogP contribution in [-0.2, 0) is 16.1 Å². The monoisotopic (exact) mass is 303 g/mol. The number of furan rings is 1. The molecule has 2 rings (SSSR count). The molecule has 0 bridgehead atoms. The Bertz CT molecular complexity index is 681. The molecule has 1 N–H and O–H groups in total. The van der Waals surface area contributed by atoms with Gasteiger partial charge in [0.1, 0.15) is 11.4 Å². The van der Waals surface area contributed by atoms with Gasteiger partial charge < -0.3 is 19.4 Å². The zero-order valence-electron chi connectivity index (χ0n) is 12.6. The number of anilines is 1. The number of carbonyl (C=O) groups is 2. The zero-order valence-corrected chi connectivity index (χ0v) is 12.6. The van der Waals surface area contributed by atoms with Crippen LogP contribution in [0.1, 0.15) is 11.3 Å². The van der Waals surface area contributed by atoms with Crippen LogP contribution in [-0.4, -0.2) is 35.9 Å². The minimum atomic E-state index is -0.755. The molecule has 2 aromatic rings. The molecule has 0 aliphatic rings. The van der Waals surface area contributed by atoms with Crippen LogP contribution >= 0.6 is 0 Å². The summed E-state index contributed by atoms with van der Waals surface area (Å²) in [5, 5.41) is 2.50. The van der Waals surface area contributed by atoms with Crippen LogP contribution in [0.15, 0.2) is 35.1 Å². The Hall–Kier alpha value is -2.83. The molecule has 0 saturated carbocycles. The average Bonchev–Trinajstić information content (AvgIpc) is 2.92. The molecule has 2 amide bonds. The fourth-order valence-corrected chi connectivity index (χ4v) is 1.90. The number of methoxy groups -OCH3 is 1. The highest BCUT2D eigenvalue weighted by Gasteiger charge is 2.21. The second-order valence-electron chi connectivity index (χ2n) is 4.68. The van der Waals surface area contributed by atoms with E-state index in [0.717, 1.165) is 5.56 Å². The number of likely N-dealkylation sites (N-methyl/N-ethyl adjacent to an activating group) is 1. The molecule has 22 heavy (non-hydrogen) atoms. The van der Waals surface area contributed by atoms with E-state index in [1.54, 1.807) is 38.4 Å². The van der Waals surface area contributed by atoms with E-state index in [-0.39, 0.29) is 5.88 Å². The second-order valence-corrected chi connectivity index (χ2v) is 4.68. The van der Waals surface area contributed by atoms with Crippen LogP contribution in [0.25, 0.3) is 0 Å². The van der Waals surface area contributed by atoms with Gasteiger partial charge in [0.2, 0.25) is 5.88 Å². The number of hydrogen-bond acceptors (Lipinski definition) is 5. The van der Waals surface area contributed by atoms with Gasteiger partial charge >= 0.3 is 11.8 Å². The van der Waals surface area contributed by atoms with Gasteiger partial charge in [-0.05, 0) is 25.1 Å². The molecule has 0 atom stereocenters. The van der Waals surface area contributed by atoms with Crippen LogP contribution in [0, 0.1) is 6.92 Å². The first kappa shape index (κ1) is 15.6. The summed E-state index contributed by atoms with van der Waals surface area (Å²) >= 11 is 0. The van der Waals surface area contributed by atoms with Gasteiger partial charge in [0.25, 0.3) is 0 Å². The van der Waals surface area contributed by atoms with Crippen molar-refractivity contribution in [2.75, 3.05) is 19.5 Å². The number of rotatable bonds is 4. The van der Waals surface area contributed by atoms with E-state index in [1.807, 2.05) is 0 Å². The summed E-state index contributed by atoms with van der Waals surface area (Å²) in [6.07, 6.45) is 3.08. The number of pyridine rings is 1. The lowest BCUT2D eigenvalue weighted by atomic mass is 10.2. The number of aryl methyl sites for hydroxylation is 1. The van der Waals surface area contributed by atoms with Crippen molar-refractivity contribution in [3.8, 4) is 5.88 Å². The number of hydrogen-bond donors (Lipinski definition) is 1. The van der Waals surface area contributed by atoms with Crippen molar-refractivity contribution in [3.63, 3.8) is 0 Å². The largest absolute Gasteiger partial charge is 0.480 e. The Morgan fingerprint density at radius 3 is 2.82 bits per heavy atom. The maximum atomic E-state index is 12.1. The van der Waals surface area contributed by atoms with Crippen molar-refractivity contribution >= 4 is 17.5 Å². The van der Waals surface area contributed by atoms with Crippen molar-refractivity contribution in [3.05, 3.63) is 42.0 Å². The molecule has 116 valence electrons. The molecule has 7 heteroatoms. The van der Waals surface area contributed by atoms with E-state index in [9.17, 15) is 9.59 Å². The quantitative estimate of drug-likeness (QED) is 0.867. The molecule has 0 spiro atoms. The topological polar surface area (TPSA) is 84.7 Å². The maximum absolute atomic E-state index is 12.1. The van der Waals surface area contributed by atoms with Crippen LogP contribution in [0.4, 0.5) is 5.69 Å². The molecule has 0 fully saturated rings. The Labute approximate surface area is 127 Å². The van der Waals surface area contributed by atoms with Gasteiger partial charge in [-0.15, -0.1) is 0 Å². The molecule has 0 saturated heterocycles.